The molecule has 0 aliphatic heterocycles. The topological polar surface area (TPSA) is 134 Å². The van der Waals surface area contributed by atoms with E-state index in [-0.39, 0.29) is 18.2 Å². The van der Waals surface area contributed by atoms with E-state index in [1.54, 1.807) is 41.7 Å². The molecule has 0 bridgehead atoms. The fourth-order valence-corrected chi connectivity index (χ4v) is 3.89. The summed E-state index contributed by atoms with van der Waals surface area (Å²) in [6.45, 7) is 2.38. The van der Waals surface area contributed by atoms with Crippen molar-refractivity contribution >= 4 is 40.6 Å². The fraction of sp³-hybridized carbons (Fsp3) is 0.208. The van der Waals surface area contributed by atoms with E-state index >= 15 is 0 Å². The van der Waals surface area contributed by atoms with Crippen LogP contribution in [0.3, 0.4) is 0 Å². The molecule has 6 N–H and O–H groups in total. The first-order valence-corrected chi connectivity index (χ1v) is 11.4. The van der Waals surface area contributed by atoms with Gasteiger partial charge in [-0.25, -0.2) is 4.79 Å². The number of hydrogen-bond donors (Lipinski definition) is 5. The van der Waals surface area contributed by atoms with Crippen LogP contribution in [0.15, 0.2) is 59.3 Å². The van der Waals surface area contributed by atoms with Crippen molar-refractivity contribution in [3.05, 3.63) is 70.4 Å². The third kappa shape index (κ3) is 6.56. The molecule has 3 rings (SSSR count). The molecule has 3 aromatic rings. The first-order chi connectivity index (χ1) is 15.9. The Balaban J connectivity index is 1.69. The van der Waals surface area contributed by atoms with Crippen LogP contribution in [0, 0.1) is 0 Å². The van der Waals surface area contributed by atoms with Crippen molar-refractivity contribution in [2.45, 2.75) is 25.8 Å². The molecular formula is C24H26N4O4S. The van der Waals surface area contributed by atoms with E-state index in [4.69, 9.17) is 10.8 Å². The predicted molar refractivity (Wildman–Crippen MR) is 131 cm³/mol. The maximum Gasteiger partial charge on any atom is 0.405 e. The van der Waals surface area contributed by atoms with Gasteiger partial charge in [0.2, 0.25) is 5.91 Å². The second-order valence-electron chi connectivity index (χ2n) is 7.46. The summed E-state index contributed by atoms with van der Waals surface area (Å²) in [7, 11) is 0. The molecular weight excluding hydrogens is 440 g/mol. The summed E-state index contributed by atoms with van der Waals surface area (Å²) in [5.41, 5.74) is 10.2. The number of rotatable bonds is 9. The Labute approximate surface area is 195 Å². The van der Waals surface area contributed by atoms with E-state index in [0.717, 1.165) is 23.1 Å². The summed E-state index contributed by atoms with van der Waals surface area (Å²) in [6, 6.07) is 13.2. The molecule has 2 aromatic carbocycles. The monoisotopic (exact) mass is 466 g/mol. The second kappa shape index (κ2) is 11.1. The van der Waals surface area contributed by atoms with Crippen molar-refractivity contribution in [1.29, 1.82) is 0 Å². The third-order valence-corrected chi connectivity index (χ3v) is 5.66. The maximum atomic E-state index is 12.8. The van der Waals surface area contributed by atoms with E-state index in [0.29, 0.717) is 23.5 Å². The molecule has 172 valence electrons. The molecule has 0 saturated carbocycles. The lowest BCUT2D eigenvalue weighted by Crippen LogP contribution is -2.47. The van der Waals surface area contributed by atoms with E-state index in [1.165, 1.54) is 0 Å². The zero-order valence-electron chi connectivity index (χ0n) is 18.1. The molecule has 33 heavy (non-hydrogen) atoms. The summed E-state index contributed by atoms with van der Waals surface area (Å²) in [5, 5.41) is 20.8. The number of thiophene rings is 1. The van der Waals surface area contributed by atoms with Gasteiger partial charge in [0.25, 0.3) is 5.91 Å². The van der Waals surface area contributed by atoms with Gasteiger partial charge in [-0.1, -0.05) is 25.1 Å². The number of benzene rings is 2. The zero-order chi connectivity index (χ0) is 23.8. The fourth-order valence-electron chi connectivity index (χ4n) is 3.22. The van der Waals surface area contributed by atoms with Crippen LogP contribution in [0.4, 0.5) is 16.2 Å². The normalized spacial score (nSPS) is 11.4. The summed E-state index contributed by atoms with van der Waals surface area (Å²) in [5.74, 6) is -0.710. The van der Waals surface area contributed by atoms with Crippen molar-refractivity contribution in [3.8, 4) is 11.1 Å². The first kappa shape index (κ1) is 23.8. The van der Waals surface area contributed by atoms with Crippen molar-refractivity contribution in [2.75, 3.05) is 17.6 Å². The Morgan fingerprint density at radius 2 is 1.82 bits per heavy atom. The number of anilines is 2. The van der Waals surface area contributed by atoms with E-state index in [1.807, 2.05) is 35.9 Å². The number of hydrogen-bond acceptors (Lipinski definition) is 5. The summed E-state index contributed by atoms with van der Waals surface area (Å²) in [4.78, 5) is 36.1. The SMILES string of the molecule is CCCNC(=O)[C@H](Cc1ccc(C(=O)Nc2cc(-c3ccsc3)ccc2N)cc1)NC(=O)O. The van der Waals surface area contributed by atoms with Crippen LogP contribution in [0.25, 0.3) is 11.1 Å². The van der Waals surface area contributed by atoms with E-state index < -0.39 is 12.1 Å². The minimum Gasteiger partial charge on any atom is -0.465 e. The number of carboxylic acid groups (broad SMARTS) is 1. The molecule has 1 heterocycles. The largest absolute Gasteiger partial charge is 0.465 e. The number of nitrogen functional groups attached to an aromatic ring is 1. The molecule has 0 fully saturated rings. The highest BCUT2D eigenvalue weighted by Crippen LogP contribution is 2.29. The van der Waals surface area contributed by atoms with Gasteiger partial charge in [0.1, 0.15) is 6.04 Å². The minimum atomic E-state index is -1.27. The predicted octanol–water partition coefficient (Wildman–Crippen LogP) is 3.95. The van der Waals surface area contributed by atoms with Gasteiger partial charge in [0, 0.05) is 18.5 Å². The summed E-state index contributed by atoms with van der Waals surface area (Å²) in [6.07, 6.45) is -0.361. The number of carbonyl (C=O) groups excluding carboxylic acids is 2. The summed E-state index contributed by atoms with van der Waals surface area (Å²) < 4.78 is 0. The molecule has 9 heteroatoms. The van der Waals surface area contributed by atoms with Crippen LogP contribution >= 0.6 is 11.3 Å². The Morgan fingerprint density at radius 1 is 1.06 bits per heavy atom. The molecule has 0 saturated heterocycles. The highest BCUT2D eigenvalue weighted by Gasteiger charge is 2.21. The van der Waals surface area contributed by atoms with E-state index in [9.17, 15) is 14.4 Å². The number of nitrogens with two attached hydrogens (primary N) is 1. The molecule has 1 aromatic heterocycles. The Bertz CT molecular complexity index is 1110. The smallest absolute Gasteiger partial charge is 0.405 e. The molecule has 8 nitrogen and oxygen atoms in total. The standard InChI is InChI=1S/C24H26N4O4S/c1-2-10-26-23(30)21(28-24(31)32)12-15-3-5-16(6-4-15)22(29)27-20-13-17(7-8-19(20)25)18-9-11-33-14-18/h3-9,11,13-14,21,28H,2,10,12,25H2,1H3,(H,26,30)(H,27,29)(H,31,32)/t21-/m0/s1. The third-order valence-electron chi connectivity index (χ3n) is 4.98. The van der Waals surface area contributed by atoms with Gasteiger partial charge in [-0.05, 0) is 64.2 Å². The Morgan fingerprint density at radius 3 is 2.45 bits per heavy atom. The number of carbonyl (C=O) groups is 3. The number of amides is 3. The molecule has 0 aliphatic rings. The minimum absolute atomic E-state index is 0.166. The molecule has 0 spiro atoms. The van der Waals surface area contributed by atoms with Crippen molar-refractivity contribution in [2.24, 2.45) is 0 Å². The van der Waals surface area contributed by atoms with Gasteiger partial charge >= 0.3 is 6.09 Å². The molecule has 0 aliphatic carbocycles. The molecule has 0 unspecified atom stereocenters. The van der Waals surface area contributed by atoms with E-state index in [2.05, 4.69) is 16.0 Å². The van der Waals surface area contributed by atoms with Gasteiger partial charge in [-0.2, -0.15) is 11.3 Å². The lowest BCUT2D eigenvalue weighted by atomic mass is 10.0. The number of nitrogens with one attached hydrogen (secondary N) is 3. The summed E-state index contributed by atoms with van der Waals surface area (Å²) >= 11 is 1.59. The van der Waals surface area contributed by atoms with Gasteiger partial charge in [-0.3, -0.25) is 9.59 Å². The Kier molecular flexibility index (Phi) is 8.04. The lowest BCUT2D eigenvalue weighted by molar-refractivity contribution is -0.123. The zero-order valence-corrected chi connectivity index (χ0v) is 18.9. The average molecular weight is 467 g/mol. The quantitative estimate of drug-likeness (QED) is 0.305. The van der Waals surface area contributed by atoms with Crippen molar-refractivity contribution < 1.29 is 19.5 Å². The first-order valence-electron chi connectivity index (χ1n) is 10.5. The van der Waals surface area contributed by atoms with Gasteiger partial charge in [0.15, 0.2) is 0 Å². The van der Waals surface area contributed by atoms with Gasteiger partial charge in [-0.15, -0.1) is 0 Å². The van der Waals surface area contributed by atoms with Crippen LogP contribution in [-0.4, -0.2) is 35.6 Å². The highest BCUT2D eigenvalue weighted by molar-refractivity contribution is 7.08. The average Bonchev–Trinajstić information content (AvgIpc) is 3.33. The molecule has 1 atom stereocenters. The van der Waals surface area contributed by atoms with Crippen LogP contribution in [-0.2, 0) is 11.2 Å². The van der Waals surface area contributed by atoms with Gasteiger partial charge in [0.05, 0.1) is 11.4 Å². The lowest BCUT2D eigenvalue weighted by Gasteiger charge is -2.17. The van der Waals surface area contributed by atoms with Crippen molar-refractivity contribution in [1.82, 2.24) is 10.6 Å². The van der Waals surface area contributed by atoms with Crippen LogP contribution in [0.2, 0.25) is 0 Å². The molecule has 3 amide bonds. The second-order valence-corrected chi connectivity index (χ2v) is 8.24. The van der Waals surface area contributed by atoms with Gasteiger partial charge < -0.3 is 26.8 Å². The van der Waals surface area contributed by atoms with Crippen LogP contribution < -0.4 is 21.7 Å². The maximum absolute atomic E-state index is 12.8. The Hall–Kier alpha value is -3.85. The van der Waals surface area contributed by atoms with Crippen molar-refractivity contribution in [3.63, 3.8) is 0 Å². The molecule has 0 radical (unpaired) electrons. The highest BCUT2D eigenvalue weighted by atomic mass is 32.1. The van der Waals surface area contributed by atoms with Crippen LogP contribution in [0.5, 0.6) is 0 Å². The van der Waals surface area contributed by atoms with Crippen LogP contribution in [0.1, 0.15) is 29.3 Å².